The zero-order chi connectivity index (χ0) is 13.3. The lowest BCUT2D eigenvalue weighted by Gasteiger charge is -2.24. The third-order valence-electron chi connectivity index (χ3n) is 1.80. The van der Waals surface area contributed by atoms with E-state index in [4.69, 9.17) is 0 Å². The summed E-state index contributed by atoms with van der Waals surface area (Å²) >= 11 is 0. The van der Waals surface area contributed by atoms with Crippen molar-refractivity contribution < 1.29 is 19.1 Å². The fourth-order valence-corrected chi connectivity index (χ4v) is 0.920. The van der Waals surface area contributed by atoms with Gasteiger partial charge >= 0.3 is 12.2 Å². The van der Waals surface area contributed by atoms with Crippen molar-refractivity contribution in [1.82, 2.24) is 10.6 Å². The van der Waals surface area contributed by atoms with E-state index in [9.17, 15) is 9.59 Å². The molecule has 0 rings (SSSR count). The lowest BCUT2D eigenvalue weighted by Crippen LogP contribution is -2.41. The van der Waals surface area contributed by atoms with Gasteiger partial charge in [-0.2, -0.15) is 0 Å². The van der Waals surface area contributed by atoms with Crippen molar-refractivity contribution in [2.75, 3.05) is 13.1 Å². The highest BCUT2D eigenvalue weighted by Gasteiger charge is 2.20. The van der Waals surface area contributed by atoms with Crippen LogP contribution in [0.1, 0.15) is 13.8 Å². The summed E-state index contributed by atoms with van der Waals surface area (Å²) in [6.07, 6.45) is 0.924. The van der Waals surface area contributed by atoms with Gasteiger partial charge in [-0.25, -0.2) is 9.59 Å². The van der Waals surface area contributed by atoms with Crippen LogP contribution in [0.5, 0.6) is 0 Å². The predicted octanol–water partition coefficient (Wildman–Crippen LogP) is 1.75. The number of carbonyl (C=O) groups excluding carboxylic acids is 2. The first-order chi connectivity index (χ1) is 7.91. The minimum atomic E-state index is -0.582. The van der Waals surface area contributed by atoms with Gasteiger partial charge in [-0.1, -0.05) is 27.0 Å². The molecular formula is C11H18N2O4. The zero-order valence-corrected chi connectivity index (χ0v) is 10.1. The third kappa shape index (κ3) is 7.89. The van der Waals surface area contributed by atoms with Gasteiger partial charge in [0.25, 0.3) is 0 Å². The number of alkyl carbamates (subject to hydrolysis) is 2. The van der Waals surface area contributed by atoms with E-state index in [2.05, 4.69) is 33.3 Å². The highest BCUT2D eigenvalue weighted by molar-refractivity contribution is 5.68. The molecule has 2 N–H and O–H groups in total. The Balaban J connectivity index is 3.94. The van der Waals surface area contributed by atoms with Crippen LogP contribution < -0.4 is 10.6 Å². The third-order valence-corrected chi connectivity index (χ3v) is 1.80. The Morgan fingerprint density at radius 3 is 1.71 bits per heavy atom. The van der Waals surface area contributed by atoms with Crippen LogP contribution in [-0.4, -0.2) is 25.3 Å². The molecule has 6 nitrogen and oxygen atoms in total. The average Bonchev–Trinajstić information content (AvgIpc) is 2.25. The Labute approximate surface area is 101 Å². The normalized spacial score (nSPS) is 10.0. The highest BCUT2D eigenvalue weighted by atomic mass is 16.5. The smallest absolute Gasteiger partial charge is 0.412 e. The van der Waals surface area contributed by atoms with Crippen LogP contribution in [0, 0.1) is 5.41 Å². The molecule has 96 valence electrons. The van der Waals surface area contributed by atoms with Gasteiger partial charge < -0.3 is 20.1 Å². The number of carbonyl (C=O) groups is 2. The molecule has 0 aliphatic rings. The van der Waals surface area contributed by atoms with Gasteiger partial charge in [-0.05, 0) is 5.41 Å². The van der Waals surface area contributed by atoms with Crippen LogP contribution in [0.3, 0.4) is 0 Å². The molecule has 0 aliphatic heterocycles. The number of hydrogen-bond acceptors (Lipinski definition) is 4. The Morgan fingerprint density at radius 1 is 1.06 bits per heavy atom. The van der Waals surface area contributed by atoms with Crippen LogP contribution >= 0.6 is 0 Å². The molecule has 0 aromatic heterocycles. The molecule has 6 heteroatoms. The minimum Gasteiger partial charge on any atom is -0.419 e. The van der Waals surface area contributed by atoms with E-state index in [0.717, 1.165) is 12.5 Å². The first-order valence-electron chi connectivity index (χ1n) is 5.02. The van der Waals surface area contributed by atoms with E-state index in [1.54, 1.807) is 0 Å². The summed E-state index contributed by atoms with van der Waals surface area (Å²) in [4.78, 5) is 22.0. The number of nitrogens with one attached hydrogen (secondary N) is 2. The van der Waals surface area contributed by atoms with Gasteiger partial charge in [0.15, 0.2) is 0 Å². The summed E-state index contributed by atoms with van der Waals surface area (Å²) in [5.41, 5.74) is -0.333. The van der Waals surface area contributed by atoms with Gasteiger partial charge in [-0.15, -0.1) is 0 Å². The molecule has 0 fully saturated rings. The summed E-state index contributed by atoms with van der Waals surface area (Å²) < 4.78 is 8.98. The second-order valence-electron chi connectivity index (χ2n) is 4.02. The van der Waals surface area contributed by atoms with Gasteiger partial charge in [-0.3, -0.25) is 0 Å². The predicted molar refractivity (Wildman–Crippen MR) is 63.1 cm³/mol. The molecule has 17 heavy (non-hydrogen) atoms. The minimum absolute atomic E-state index is 0.333. The number of rotatable bonds is 6. The molecule has 0 aromatic rings. The van der Waals surface area contributed by atoms with E-state index in [-0.39, 0.29) is 5.41 Å². The fraction of sp³-hybridized carbons (Fsp3) is 0.455. The van der Waals surface area contributed by atoms with Crippen LogP contribution in [0.4, 0.5) is 9.59 Å². The summed E-state index contributed by atoms with van der Waals surface area (Å²) in [5.74, 6) is 0. The topological polar surface area (TPSA) is 76.7 Å². The lowest BCUT2D eigenvalue weighted by molar-refractivity contribution is 0.173. The summed E-state index contributed by atoms with van der Waals surface area (Å²) in [6.45, 7) is 10.9. The van der Waals surface area contributed by atoms with Crippen molar-refractivity contribution in [3.63, 3.8) is 0 Å². The maximum absolute atomic E-state index is 11.0. The monoisotopic (exact) mass is 242 g/mol. The van der Waals surface area contributed by atoms with Crippen molar-refractivity contribution in [3.05, 3.63) is 25.7 Å². The van der Waals surface area contributed by atoms with Crippen LogP contribution in [0.2, 0.25) is 0 Å². The summed E-state index contributed by atoms with van der Waals surface area (Å²) in [5, 5.41) is 5.07. The molecule has 0 aliphatic carbocycles. The van der Waals surface area contributed by atoms with Crippen LogP contribution in [-0.2, 0) is 9.47 Å². The van der Waals surface area contributed by atoms with Crippen molar-refractivity contribution in [2.24, 2.45) is 5.41 Å². The maximum Gasteiger partial charge on any atom is 0.412 e. The van der Waals surface area contributed by atoms with Crippen LogP contribution in [0.25, 0.3) is 0 Å². The lowest BCUT2D eigenvalue weighted by atomic mass is 9.93. The molecule has 0 bridgehead atoms. The van der Waals surface area contributed by atoms with E-state index in [0.29, 0.717) is 13.1 Å². The summed E-state index contributed by atoms with van der Waals surface area (Å²) in [6, 6.07) is 0. The van der Waals surface area contributed by atoms with E-state index in [1.807, 2.05) is 13.8 Å². The number of ether oxygens (including phenoxy) is 2. The van der Waals surface area contributed by atoms with Gasteiger partial charge in [0.05, 0.1) is 12.5 Å². The molecule has 0 saturated carbocycles. The molecule has 0 unspecified atom stereocenters. The fourth-order valence-electron chi connectivity index (χ4n) is 0.920. The Morgan fingerprint density at radius 2 is 1.41 bits per heavy atom. The molecule has 0 radical (unpaired) electrons. The Kier molecular flexibility index (Phi) is 6.47. The molecule has 0 saturated heterocycles. The van der Waals surface area contributed by atoms with Crippen molar-refractivity contribution in [3.8, 4) is 0 Å². The largest absolute Gasteiger partial charge is 0.419 e. The first-order valence-corrected chi connectivity index (χ1v) is 5.02. The molecule has 0 heterocycles. The molecule has 0 atom stereocenters. The maximum atomic E-state index is 11.0. The van der Waals surface area contributed by atoms with Gasteiger partial charge in [0.2, 0.25) is 0 Å². The van der Waals surface area contributed by atoms with Crippen molar-refractivity contribution in [2.45, 2.75) is 13.8 Å². The van der Waals surface area contributed by atoms with Crippen LogP contribution in [0.15, 0.2) is 25.7 Å². The standard InChI is InChI=1S/C11H18N2O4/c1-5-16-9(14)12-7-11(3,4)8-13-10(15)17-6-2/h5-6H,1-2,7-8H2,3-4H3,(H,12,14)(H,13,15). The molecule has 0 spiro atoms. The van der Waals surface area contributed by atoms with Crippen molar-refractivity contribution >= 4 is 12.2 Å². The molecule has 2 amide bonds. The van der Waals surface area contributed by atoms with E-state index >= 15 is 0 Å². The molecule has 0 aromatic carbocycles. The average molecular weight is 242 g/mol. The second kappa shape index (κ2) is 7.32. The molecular weight excluding hydrogens is 224 g/mol. The zero-order valence-electron chi connectivity index (χ0n) is 10.1. The number of amides is 2. The Bertz CT molecular complexity index is 272. The number of hydrogen-bond donors (Lipinski definition) is 2. The summed E-state index contributed by atoms with van der Waals surface area (Å²) in [7, 11) is 0. The van der Waals surface area contributed by atoms with Crippen molar-refractivity contribution in [1.29, 1.82) is 0 Å². The van der Waals surface area contributed by atoms with E-state index in [1.165, 1.54) is 0 Å². The van der Waals surface area contributed by atoms with Gasteiger partial charge in [0.1, 0.15) is 0 Å². The first kappa shape index (κ1) is 15.0. The van der Waals surface area contributed by atoms with Gasteiger partial charge in [0, 0.05) is 13.1 Å². The SMILES string of the molecule is C=COC(=O)NCC(C)(C)CNC(=O)OC=C. The second-order valence-corrected chi connectivity index (χ2v) is 4.02. The van der Waals surface area contributed by atoms with E-state index < -0.39 is 12.2 Å². The quantitative estimate of drug-likeness (QED) is 0.696. The Hall–Kier alpha value is -1.98. The highest BCUT2D eigenvalue weighted by Crippen LogP contribution is 2.11.